The molecule has 7 heteroatoms. The van der Waals surface area contributed by atoms with E-state index in [4.69, 9.17) is 4.74 Å². The fourth-order valence-corrected chi connectivity index (χ4v) is 6.24. The zero-order chi connectivity index (χ0) is 14.5. The van der Waals surface area contributed by atoms with E-state index < -0.39 is 18.4 Å². The van der Waals surface area contributed by atoms with E-state index in [1.54, 1.807) is 11.8 Å². The van der Waals surface area contributed by atoms with Crippen LogP contribution in [0.25, 0.3) is 0 Å². The van der Waals surface area contributed by atoms with Crippen LogP contribution < -0.4 is 0 Å². The first-order valence-corrected chi connectivity index (χ1v) is 8.72. The van der Waals surface area contributed by atoms with Gasteiger partial charge < -0.3 is 9.84 Å². The Morgan fingerprint density at radius 1 is 1.40 bits per heavy atom. The summed E-state index contributed by atoms with van der Waals surface area (Å²) in [5.74, 6) is -0.0582. The third-order valence-corrected chi connectivity index (χ3v) is 6.92. The Bertz CT molecular complexity index is 424. The lowest BCUT2D eigenvalue weighted by atomic mass is 9.81. The van der Waals surface area contributed by atoms with E-state index in [1.807, 2.05) is 6.92 Å². The highest BCUT2D eigenvalue weighted by molar-refractivity contribution is 8.08. The summed E-state index contributed by atoms with van der Waals surface area (Å²) in [6.45, 7) is 2.04. The molecule has 3 rings (SSSR count). The third kappa shape index (κ3) is 2.74. The van der Waals surface area contributed by atoms with E-state index in [-0.39, 0.29) is 30.1 Å². The van der Waals surface area contributed by atoms with E-state index >= 15 is 0 Å². The van der Waals surface area contributed by atoms with Gasteiger partial charge in [-0.05, 0) is 25.0 Å². The minimum atomic E-state index is -4.08. The Balaban J connectivity index is 1.75. The summed E-state index contributed by atoms with van der Waals surface area (Å²) in [6.07, 6.45) is -4.12. The van der Waals surface area contributed by atoms with Crippen molar-refractivity contribution in [2.45, 2.75) is 50.0 Å². The molecule has 2 aliphatic heterocycles. The maximum atomic E-state index is 12.9. The van der Waals surface area contributed by atoms with Crippen molar-refractivity contribution in [2.75, 3.05) is 5.75 Å². The number of thioether (sulfide) groups is 2. The number of allylic oxidation sites excluding steroid dienone is 1. The monoisotopic (exact) mass is 326 g/mol. The summed E-state index contributed by atoms with van der Waals surface area (Å²) in [4.78, 5) is 2.16. The molecule has 20 heavy (non-hydrogen) atoms. The quantitative estimate of drug-likeness (QED) is 0.801. The van der Waals surface area contributed by atoms with Crippen molar-refractivity contribution in [3.05, 3.63) is 9.81 Å². The van der Waals surface area contributed by atoms with Gasteiger partial charge in [-0.3, -0.25) is 0 Å². The van der Waals surface area contributed by atoms with Crippen molar-refractivity contribution in [1.29, 1.82) is 0 Å². The van der Waals surface area contributed by atoms with Crippen LogP contribution in [0.3, 0.4) is 0 Å². The highest BCUT2D eigenvalue weighted by Crippen LogP contribution is 2.58. The second-order valence-electron chi connectivity index (χ2n) is 5.42. The number of rotatable bonds is 3. The van der Waals surface area contributed by atoms with Gasteiger partial charge in [0, 0.05) is 21.0 Å². The van der Waals surface area contributed by atoms with Crippen LogP contribution in [-0.4, -0.2) is 34.7 Å². The number of aliphatic hydroxyl groups excluding tert-OH is 1. The zero-order valence-corrected chi connectivity index (χ0v) is 12.7. The van der Waals surface area contributed by atoms with Gasteiger partial charge in [-0.25, -0.2) is 0 Å². The van der Waals surface area contributed by atoms with E-state index in [9.17, 15) is 18.3 Å². The number of aliphatic hydroxyl groups is 1. The van der Waals surface area contributed by atoms with Gasteiger partial charge in [0.05, 0.1) is 5.92 Å². The second kappa shape index (κ2) is 5.41. The minimum absolute atomic E-state index is 0.00387. The van der Waals surface area contributed by atoms with Gasteiger partial charge in [-0.2, -0.15) is 13.2 Å². The fourth-order valence-electron chi connectivity index (χ4n) is 3.10. The smallest absolute Gasteiger partial charge is 0.366 e. The predicted molar refractivity (Wildman–Crippen MR) is 74.3 cm³/mol. The van der Waals surface area contributed by atoms with E-state index in [2.05, 4.69) is 0 Å². The number of halogens is 3. The number of hydrogen-bond acceptors (Lipinski definition) is 4. The summed E-state index contributed by atoms with van der Waals surface area (Å²) in [6, 6.07) is 0. The number of ether oxygens (including phenoxy) is 1. The highest BCUT2D eigenvalue weighted by atomic mass is 32.2. The van der Waals surface area contributed by atoms with Gasteiger partial charge in [0.25, 0.3) is 0 Å². The molecule has 2 nitrogen and oxygen atoms in total. The molecule has 0 aromatic heterocycles. The standard InChI is InChI=1S/C13H17F3O2S2/c1-2-19-10-7-4-3-6(13(14,15)16)5-8(7)20-11(10)9-12(17)18-9/h6-9,12,17H,2-5H2,1H3. The molecule has 1 aliphatic carbocycles. The highest BCUT2D eigenvalue weighted by Gasteiger charge is 2.52. The largest absolute Gasteiger partial charge is 0.391 e. The molecule has 2 fully saturated rings. The molecule has 5 unspecified atom stereocenters. The van der Waals surface area contributed by atoms with Gasteiger partial charge in [-0.15, -0.1) is 23.5 Å². The molecular formula is C13H17F3O2S2. The first kappa shape index (κ1) is 15.1. The first-order valence-electron chi connectivity index (χ1n) is 6.85. The fraction of sp³-hybridized carbons (Fsp3) is 0.846. The molecule has 0 radical (unpaired) electrons. The van der Waals surface area contributed by atoms with Gasteiger partial charge in [0.2, 0.25) is 0 Å². The number of fused-ring (bicyclic) bond motifs is 1. The predicted octanol–water partition coefficient (Wildman–Crippen LogP) is 3.76. The van der Waals surface area contributed by atoms with E-state index in [0.29, 0.717) is 6.42 Å². The lowest BCUT2D eigenvalue weighted by molar-refractivity contribution is -0.182. The molecule has 1 saturated carbocycles. The van der Waals surface area contributed by atoms with Gasteiger partial charge in [-0.1, -0.05) is 6.92 Å². The summed E-state index contributed by atoms with van der Waals surface area (Å²) < 4.78 is 43.8. The van der Waals surface area contributed by atoms with Crippen molar-refractivity contribution < 1.29 is 23.0 Å². The summed E-state index contributed by atoms with van der Waals surface area (Å²) in [7, 11) is 0. The molecule has 5 atom stereocenters. The number of alkyl halides is 3. The van der Waals surface area contributed by atoms with Crippen LogP contribution in [0, 0.1) is 11.8 Å². The van der Waals surface area contributed by atoms with Crippen LogP contribution in [0.1, 0.15) is 26.2 Å². The van der Waals surface area contributed by atoms with Crippen LogP contribution in [0.4, 0.5) is 13.2 Å². The first-order chi connectivity index (χ1) is 9.41. The zero-order valence-electron chi connectivity index (χ0n) is 11.0. The van der Waals surface area contributed by atoms with Gasteiger partial charge in [0.1, 0.15) is 6.10 Å². The lowest BCUT2D eigenvalue weighted by Crippen LogP contribution is -2.33. The molecule has 3 aliphatic rings. The molecule has 0 amide bonds. The third-order valence-electron chi connectivity index (χ3n) is 4.14. The maximum Gasteiger partial charge on any atom is 0.391 e. The second-order valence-corrected chi connectivity index (χ2v) is 8.01. The molecule has 2 heterocycles. The summed E-state index contributed by atoms with van der Waals surface area (Å²) >= 11 is 3.21. The molecule has 1 N–H and O–H groups in total. The molecule has 0 aromatic carbocycles. The van der Waals surface area contributed by atoms with Crippen molar-refractivity contribution >= 4 is 23.5 Å². The molecule has 0 bridgehead atoms. The Kier molecular flexibility index (Phi) is 4.07. The maximum absolute atomic E-state index is 12.9. The number of epoxide rings is 1. The van der Waals surface area contributed by atoms with Gasteiger partial charge >= 0.3 is 6.18 Å². The van der Waals surface area contributed by atoms with Crippen LogP contribution in [0.15, 0.2) is 9.81 Å². The van der Waals surface area contributed by atoms with Crippen molar-refractivity contribution in [2.24, 2.45) is 11.8 Å². The molecule has 1 saturated heterocycles. The lowest BCUT2D eigenvalue weighted by Gasteiger charge is -2.33. The Hall–Kier alpha value is 0.150. The molecule has 0 spiro atoms. The molecular weight excluding hydrogens is 309 g/mol. The SMILES string of the molecule is CCSC1=C(C2OC2O)SC2CC(C(F)(F)F)CCC12. The van der Waals surface area contributed by atoms with Crippen LogP contribution in [-0.2, 0) is 4.74 Å². The van der Waals surface area contributed by atoms with Crippen molar-refractivity contribution in [1.82, 2.24) is 0 Å². The van der Waals surface area contributed by atoms with Gasteiger partial charge in [0.15, 0.2) is 6.29 Å². The Morgan fingerprint density at radius 3 is 2.65 bits per heavy atom. The Labute approximate surface area is 124 Å². The van der Waals surface area contributed by atoms with Crippen LogP contribution in [0.2, 0.25) is 0 Å². The van der Waals surface area contributed by atoms with E-state index in [1.165, 1.54) is 16.7 Å². The topological polar surface area (TPSA) is 32.8 Å². The van der Waals surface area contributed by atoms with Crippen molar-refractivity contribution in [3.8, 4) is 0 Å². The minimum Gasteiger partial charge on any atom is -0.366 e. The average molecular weight is 326 g/mol. The number of hydrogen-bond donors (Lipinski definition) is 1. The van der Waals surface area contributed by atoms with E-state index in [0.717, 1.165) is 10.7 Å². The Morgan fingerprint density at radius 2 is 2.10 bits per heavy atom. The summed E-state index contributed by atoms with van der Waals surface area (Å²) in [5, 5.41) is 9.42. The van der Waals surface area contributed by atoms with Crippen LogP contribution in [0.5, 0.6) is 0 Å². The average Bonchev–Trinajstić information content (AvgIpc) is 2.98. The molecule has 0 aromatic rings. The molecule has 114 valence electrons. The normalized spacial score (nSPS) is 41.0. The van der Waals surface area contributed by atoms with Crippen molar-refractivity contribution in [3.63, 3.8) is 0 Å². The van der Waals surface area contributed by atoms with Crippen LogP contribution >= 0.6 is 23.5 Å². The summed E-state index contributed by atoms with van der Waals surface area (Å²) in [5.41, 5.74) is 0.